The van der Waals surface area contributed by atoms with Crippen molar-refractivity contribution in [3.63, 3.8) is 0 Å². The molecule has 5 nitrogen and oxygen atoms in total. The van der Waals surface area contributed by atoms with E-state index in [1.54, 1.807) is 6.92 Å². The summed E-state index contributed by atoms with van der Waals surface area (Å²) in [6.45, 7) is 3.87. The van der Waals surface area contributed by atoms with Crippen molar-refractivity contribution in [2.45, 2.75) is 39.2 Å². The average molecular weight is 216 g/mol. The van der Waals surface area contributed by atoms with Gasteiger partial charge in [0.15, 0.2) is 0 Å². The molecule has 0 rings (SSSR count). The molecule has 0 aliphatic rings. The Balaban J connectivity index is 3.83. The molecule has 0 unspecified atom stereocenters. The molecule has 15 heavy (non-hydrogen) atoms. The van der Waals surface area contributed by atoms with E-state index < -0.39 is 12.0 Å². The smallest absolute Gasteiger partial charge is 0.325 e. The third kappa shape index (κ3) is 6.06. The van der Waals surface area contributed by atoms with Crippen molar-refractivity contribution >= 4 is 11.9 Å². The van der Waals surface area contributed by atoms with Crippen molar-refractivity contribution in [1.29, 1.82) is 0 Å². The first-order chi connectivity index (χ1) is 6.99. The van der Waals surface area contributed by atoms with Crippen molar-refractivity contribution in [3.8, 4) is 0 Å². The number of nitrogens with one attached hydrogen (secondary N) is 1. The number of carbonyl (C=O) groups excluding carboxylic acids is 1. The summed E-state index contributed by atoms with van der Waals surface area (Å²) >= 11 is 0. The van der Waals surface area contributed by atoms with E-state index in [1.165, 1.54) is 6.92 Å². The molecule has 0 spiro atoms. The molecule has 1 amide bonds. The van der Waals surface area contributed by atoms with Crippen LogP contribution in [0.25, 0.3) is 0 Å². The number of rotatable bonds is 7. The average Bonchev–Trinajstić information content (AvgIpc) is 2.17. The van der Waals surface area contributed by atoms with Crippen molar-refractivity contribution in [1.82, 2.24) is 5.32 Å². The lowest BCUT2D eigenvalue weighted by atomic mass is 10.0. The zero-order valence-corrected chi connectivity index (χ0v) is 9.32. The summed E-state index contributed by atoms with van der Waals surface area (Å²) in [4.78, 5) is 21.9. The third-order valence-electron chi connectivity index (χ3n) is 2.27. The van der Waals surface area contributed by atoms with Crippen LogP contribution in [0.4, 0.5) is 0 Å². The quantitative estimate of drug-likeness (QED) is 0.535. The lowest BCUT2D eigenvalue weighted by Gasteiger charge is -2.14. The molecule has 2 atom stereocenters. The predicted octanol–water partition coefficient (Wildman–Crippen LogP) is 0.341. The fraction of sp³-hybridized carbons (Fsp3) is 0.800. The van der Waals surface area contributed by atoms with Gasteiger partial charge in [0.1, 0.15) is 6.04 Å². The molecule has 0 radical (unpaired) electrons. The summed E-state index contributed by atoms with van der Waals surface area (Å²) in [5, 5.41) is 11.0. The lowest BCUT2D eigenvalue weighted by molar-refractivity contribution is -0.141. The zero-order chi connectivity index (χ0) is 11.8. The predicted molar refractivity (Wildman–Crippen MR) is 57.3 cm³/mol. The first kappa shape index (κ1) is 13.9. The van der Waals surface area contributed by atoms with Crippen LogP contribution in [-0.4, -0.2) is 29.6 Å². The Morgan fingerprint density at radius 1 is 1.33 bits per heavy atom. The van der Waals surface area contributed by atoms with Gasteiger partial charge in [0.25, 0.3) is 0 Å². The SMILES string of the molecule is C[C@H](NC(=O)[C@@H](C)CCCCN)C(=O)O. The van der Waals surface area contributed by atoms with E-state index in [2.05, 4.69) is 5.32 Å². The number of carboxylic acids is 1. The minimum atomic E-state index is -1.02. The molecule has 0 saturated heterocycles. The van der Waals surface area contributed by atoms with Gasteiger partial charge in [-0.15, -0.1) is 0 Å². The summed E-state index contributed by atoms with van der Waals surface area (Å²) in [6.07, 6.45) is 2.54. The number of nitrogens with two attached hydrogens (primary N) is 1. The van der Waals surface area contributed by atoms with Gasteiger partial charge in [0.05, 0.1) is 0 Å². The van der Waals surface area contributed by atoms with E-state index in [0.29, 0.717) is 6.54 Å². The summed E-state index contributed by atoms with van der Waals surface area (Å²) in [5.74, 6) is -1.38. The van der Waals surface area contributed by atoms with Crippen LogP contribution in [0.5, 0.6) is 0 Å². The van der Waals surface area contributed by atoms with Gasteiger partial charge in [-0.25, -0.2) is 0 Å². The summed E-state index contributed by atoms with van der Waals surface area (Å²) in [5.41, 5.74) is 5.33. The number of hydrogen-bond acceptors (Lipinski definition) is 3. The molecule has 0 aromatic carbocycles. The molecule has 0 fully saturated rings. The maximum absolute atomic E-state index is 11.4. The molecule has 0 aromatic rings. The highest BCUT2D eigenvalue weighted by Gasteiger charge is 2.18. The molecule has 0 saturated carbocycles. The molecule has 4 N–H and O–H groups in total. The highest BCUT2D eigenvalue weighted by molar-refractivity contribution is 5.84. The van der Waals surface area contributed by atoms with Crippen LogP contribution in [0, 0.1) is 5.92 Å². The van der Waals surface area contributed by atoms with Crippen LogP contribution in [0.15, 0.2) is 0 Å². The maximum atomic E-state index is 11.4. The van der Waals surface area contributed by atoms with Crippen molar-refractivity contribution < 1.29 is 14.7 Å². The van der Waals surface area contributed by atoms with E-state index >= 15 is 0 Å². The van der Waals surface area contributed by atoms with Gasteiger partial charge in [0, 0.05) is 5.92 Å². The Bertz CT molecular complexity index is 219. The topological polar surface area (TPSA) is 92.4 Å². The van der Waals surface area contributed by atoms with E-state index in [-0.39, 0.29) is 11.8 Å². The Morgan fingerprint density at radius 3 is 2.40 bits per heavy atom. The molecule has 0 aromatic heterocycles. The standard InChI is InChI=1S/C10H20N2O3/c1-7(5-3-4-6-11)9(13)12-8(2)10(14)15/h7-8H,3-6,11H2,1-2H3,(H,12,13)(H,14,15)/t7-,8-/m0/s1. The van der Waals surface area contributed by atoms with Crippen molar-refractivity contribution in [2.24, 2.45) is 11.7 Å². The largest absolute Gasteiger partial charge is 0.480 e. The van der Waals surface area contributed by atoms with Crippen LogP contribution < -0.4 is 11.1 Å². The number of hydrogen-bond donors (Lipinski definition) is 3. The minimum Gasteiger partial charge on any atom is -0.480 e. The molecule has 0 aliphatic heterocycles. The van der Waals surface area contributed by atoms with Gasteiger partial charge in [-0.2, -0.15) is 0 Å². The molecular weight excluding hydrogens is 196 g/mol. The Morgan fingerprint density at radius 2 is 1.93 bits per heavy atom. The van der Waals surface area contributed by atoms with Crippen LogP contribution in [-0.2, 0) is 9.59 Å². The van der Waals surface area contributed by atoms with Crippen molar-refractivity contribution in [2.75, 3.05) is 6.54 Å². The van der Waals surface area contributed by atoms with Crippen molar-refractivity contribution in [3.05, 3.63) is 0 Å². The number of carboxylic acid groups (broad SMARTS) is 1. The van der Waals surface area contributed by atoms with Gasteiger partial charge in [-0.1, -0.05) is 13.3 Å². The second kappa shape index (κ2) is 7.23. The molecule has 0 heterocycles. The molecular formula is C10H20N2O3. The monoisotopic (exact) mass is 216 g/mol. The number of amides is 1. The Labute approximate surface area is 90.0 Å². The van der Waals surface area contributed by atoms with E-state index in [1.807, 2.05) is 0 Å². The van der Waals surface area contributed by atoms with Gasteiger partial charge in [-0.05, 0) is 26.3 Å². The Kier molecular flexibility index (Phi) is 6.70. The summed E-state index contributed by atoms with van der Waals surface area (Å²) in [6, 6.07) is -0.825. The maximum Gasteiger partial charge on any atom is 0.325 e. The number of unbranched alkanes of at least 4 members (excludes halogenated alkanes) is 1. The van der Waals surface area contributed by atoms with Crippen LogP contribution in [0.3, 0.4) is 0 Å². The summed E-state index contributed by atoms with van der Waals surface area (Å²) < 4.78 is 0. The van der Waals surface area contributed by atoms with Crippen LogP contribution in [0.2, 0.25) is 0 Å². The molecule has 88 valence electrons. The summed E-state index contributed by atoms with van der Waals surface area (Å²) in [7, 11) is 0. The van der Waals surface area contributed by atoms with E-state index in [0.717, 1.165) is 19.3 Å². The number of carbonyl (C=O) groups is 2. The van der Waals surface area contributed by atoms with Gasteiger partial charge in [-0.3, -0.25) is 9.59 Å². The molecule has 0 aliphatic carbocycles. The van der Waals surface area contributed by atoms with Crippen LogP contribution >= 0.6 is 0 Å². The van der Waals surface area contributed by atoms with Gasteiger partial charge < -0.3 is 16.2 Å². The normalized spacial score (nSPS) is 14.3. The third-order valence-corrected chi connectivity index (χ3v) is 2.27. The minimum absolute atomic E-state index is 0.154. The van der Waals surface area contributed by atoms with E-state index in [9.17, 15) is 9.59 Å². The lowest BCUT2D eigenvalue weighted by Crippen LogP contribution is -2.41. The second-order valence-corrected chi connectivity index (χ2v) is 3.75. The van der Waals surface area contributed by atoms with Gasteiger partial charge >= 0.3 is 5.97 Å². The molecule has 0 bridgehead atoms. The van der Waals surface area contributed by atoms with E-state index in [4.69, 9.17) is 10.8 Å². The number of aliphatic carboxylic acids is 1. The highest BCUT2D eigenvalue weighted by atomic mass is 16.4. The first-order valence-corrected chi connectivity index (χ1v) is 5.22. The Hall–Kier alpha value is -1.10. The highest BCUT2D eigenvalue weighted by Crippen LogP contribution is 2.07. The zero-order valence-electron chi connectivity index (χ0n) is 9.32. The molecule has 5 heteroatoms. The second-order valence-electron chi connectivity index (χ2n) is 3.75. The van der Waals surface area contributed by atoms with Gasteiger partial charge in [0.2, 0.25) is 5.91 Å². The fourth-order valence-corrected chi connectivity index (χ4v) is 1.14. The van der Waals surface area contributed by atoms with Crippen LogP contribution in [0.1, 0.15) is 33.1 Å². The fourth-order valence-electron chi connectivity index (χ4n) is 1.14. The first-order valence-electron chi connectivity index (χ1n) is 5.22.